The number of carbonyl (C=O) groups is 1. The van der Waals surface area contributed by atoms with Crippen molar-refractivity contribution in [1.82, 2.24) is 5.32 Å². The summed E-state index contributed by atoms with van der Waals surface area (Å²) in [5, 5.41) is 15.7. The number of hydrogen-bond donors (Lipinski definition) is 3. The van der Waals surface area contributed by atoms with Gasteiger partial charge in [0.05, 0.1) is 5.60 Å². The van der Waals surface area contributed by atoms with Crippen LogP contribution in [0.1, 0.15) is 19.8 Å². The van der Waals surface area contributed by atoms with Gasteiger partial charge >= 0.3 is 6.03 Å². The van der Waals surface area contributed by atoms with Crippen LogP contribution in [-0.2, 0) is 0 Å². The Hall–Kier alpha value is -1.27. The number of amides is 2. The van der Waals surface area contributed by atoms with Gasteiger partial charge in [0.25, 0.3) is 0 Å². The molecule has 0 aromatic heterocycles. The van der Waals surface area contributed by atoms with E-state index in [9.17, 15) is 14.3 Å². The molecule has 0 spiro atoms. The molecular formula is C14H19FN2O2S. The van der Waals surface area contributed by atoms with E-state index in [0.29, 0.717) is 12.1 Å². The monoisotopic (exact) mass is 298 g/mol. The number of nitrogens with one attached hydrogen (secondary N) is 2. The molecule has 6 heteroatoms. The zero-order chi connectivity index (χ0) is 14.6. The number of benzene rings is 1. The number of aliphatic hydroxyl groups is 1. The quantitative estimate of drug-likeness (QED) is 0.783. The minimum Gasteiger partial charge on any atom is -0.387 e. The Morgan fingerprint density at radius 1 is 1.60 bits per heavy atom. The maximum absolute atomic E-state index is 13.0. The molecule has 1 saturated carbocycles. The normalized spacial score (nSPS) is 24.9. The largest absolute Gasteiger partial charge is 0.387 e. The van der Waals surface area contributed by atoms with E-state index in [1.165, 1.54) is 18.2 Å². The van der Waals surface area contributed by atoms with Crippen molar-refractivity contribution in [1.29, 1.82) is 0 Å². The number of carbonyl (C=O) groups excluding carboxylic acids is 1. The summed E-state index contributed by atoms with van der Waals surface area (Å²) in [6, 6.07) is 5.26. The van der Waals surface area contributed by atoms with Gasteiger partial charge in [-0.1, -0.05) is 13.0 Å². The average Bonchev–Trinajstić information content (AvgIpc) is 2.41. The summed E-state index contributed by atoms with van der Waals surface area (Å²) in [6.07, 6.45) is 1.67. The van der Waals surface area contributed by atoms with Crippen molar-refractivity contribution in [2.45, 2.75) is 30.6 Å². The number of urea groups is 1. The average molecular weight is 298 g/mol. The van der Waals surface area contributed by atoms with Crippen LogP contribution in [-0.4, -0.2) is 34.3 Å². The molecule has 1 aromatic carbocycles. The second kappa shape index (κ2) is 6.45. The first-order chi connectivity index (χ1) is 9.53. The summed E-state index contributed by atoms with van der Waals surface area (Å²) < 4.78 is 13.0. The molecule has 0 heterocycles. The predicted octanol–water partition coefficient (Wildman–Crippen LogP) is 2.59. The molecule has 0 aliphatic heterocycles. The van der Waals surface area contributed by atoms with Gasteiger partial charge in [0.1, 0.15) is 5.82 Å². The lowest BCUT2D eigenvalue weighted by atomic mass is 9.79. The molecular weight excluding hydrogens is 279 g/mol. The van der Waals surface area contributed by atoms with Crippen LogP contribution in [0, 0.1) is 5.82 Å². The lowest BCUT2D eigenvalue weighted by molar-refractivity contribution is -0.0206. The number of thioether (sulfide) groups is 1. The third-order valence-electron chi connectivity index (χ3n) is 3.44. The maximum Gasteiger partial charge on any atom is 0.319 e. The van der Waals surface area contributed by atoms with Gasteiger partial charge in [0, 0.05) is 17.5 Å². The third-order valence-corrected chi connectivity index (χ3v) is 4.85. The molecule has 0 bridgehead atoms. The Balaban J connectivity index is 1.81. The first-order valence-corrected chi connectivity index (χ1v) is 7.73. The van der Waals surface area contributed by atoms with Crippen LogP contribution < -0.4 is 10.6 Å². The number of rotatable bonds is 5. The van der Waals surface area contributed by atoms with Crippen molar-refractivity contribution in [2.75, 3.05) is 17.6 Å². The molecule has 1 aliphatic rings. The molecule has 4 nitrogen and oxygen atoms in total. The number of hydrogen-bond acceptors (Lipinski definition) is 3. The van der Waals surface area contributed by atoms with Gasteiger partial charge in [-0.3, -0.25) is 0 Å². The Bertz CT molecular complexity index is 486. The van der Waals surface area contributed by atoms with Crippen LogP contribution >= 0.6 is 11.8 Å². The van der Waals surface area contributed by atoms with Crippen LogP contribution in [0.15, 0.2) is 24.3 Å². The fraction of sp³-hybridized carbons (Fsp3) is 0.500. The second-order valence-corrected chi connectivity index (χ2v) is 6.38. The van der Waals surface area contributed by atoms with Crippen molar-refractivity contribution in [3.8, 4) is 0 Å². The molecule has 0 radical (unpaired) electrons. The second-order valence-electron chi connectivity index (χ2n) is 4.90. The highest BCUT2D eigenvalue weighted by Crippen LogP contribution is 2.40. The lowest BCUT2D eigenvalue weighted by Gasteiger charge is -2.44. The summed E-state index contributed by atoms with van der Waals surface area (Å²) in [6.45, 7) is 2.26. The van der Waals surface area contributed by atoms with Gasteiger partial charge in [0.15, 0.2) is 0 Å². The van der Waals surface area contributed by atoms with Gasteiger partial charge in [-0.05, 0) is 36.8 Å². The Kier molecular flexibility index (Phi) is 4.88. The Morgan fingerprint density at radius 2 is 2.40 bits per heavy atom. The lowest BCUT2D eigenvalue weighted by Crippen LogP contribution is -2.57. The molecule has 0 unspecified atom stereocenters. The summed E-state index contributed by atoms with van der Waals surface area (Å²) in [5.74, 6) is 0.544. The number of anilines is 1. The Labute approximate surface area is 122 Å². The van der Waals surface area contributed by atoms with Crippen molar-refractivity contribution in [2.24, 2.45) is 0 Å². The van der Waals surface area contributed by atoms with Gasteiger partial charge in [0.2, 0.25) is 0 Å². The highest BCUT2D eigenvalue weighted by atomic mass is 32.2. The highest BCUT2D eigenvalue weighted by Gasteiger charge is 2.45. The summed E-state index contributed by atoms with van der Waals surface area (Å²) in [5.41, 5.74) is -0.428. The van der Waals surface area contributed by atoms with E-state index >= 15 is 0 Å². The van der Waals surface area contributed by atoms with E-state index in [4.69, 9.17) is 0 Å². The minimum atomic E-state index is -0.819. The van der Waals surface area contributed by atoms with Gasteiger partial charge in [-0.15, -0.1) is 0 Å². The van der Waals surface area contributed by atoms with E-state index in [0.717, 1.165) is 12.2 Å². The minimum absolute atomic E-state index is 0.182. The number of halogens is 1. The van der Waals surface area contributed by atoms with E-state index in [1.54, 1.807) is 17.8 Å². The van der Waals surface area contributed by atoms with Gasteiger partial charge in [-0.2, -0.15) is 11.8 Å². The predicted molar refractivity (Wildman–Crippen MR) is 79.5 cm³/mol. The van der Waals surface area contributed by atoms with Crippen LogP contribution in [0.2, 0.25) is 0 Å². The van der Waals surface area contributed by atoms with Crippen molar-refractivity contribution >= 4 is 23.5 Å². The van der Waals surface area contributed by atoms with Gasteiger partial charge in [-0.25, -0.2) is 9.18 Å². The van der Waals surface area contributed by atoms with E-state index in [-0.39, 0.29) is 11.8 Å². The first-order valence-electron chi connectivity index (χ1n) is 6.68. The molecule has 1 fully saturated rings. The molecule has 0 saturated heterocycles. The first kappa shape index (κ1) is 15.1. The van der Waals surface area contributed by atoms with Crippen LogP contribution in [0.4, 0.5) is 14.9 Å². The fourth-order valence-corrected chi connectivity index (χ4v) is 3.41. The molecule has 1 aliphatic carbocycles. The van der Waals surface area contributed by atoms with Crippen LogP contribution in [0.25, 0.3) is 0 Å². The fourth-order valence-electron chi connectivity index (χ4n) is 2.21. The maximum atomic E-state index is 13.0. The Morgan fingerprint density at radius 3 is 3.00 bits per heavy atom. The molecule has 3 N–H and O–H groups in total. The molecule has 2 amide bonds. The van der Waals surface area contributed by atoms with Crippen LogP contribution in [0.3, 0.4) is 0 Å². The highest BCUT2D eigenvalue weighted by molar-refractivity contribution is 8.00. The topological polar surface area (TPSA) is 61.4 Å². The smallest absolute Gasteiger partial charge is 0.319 e. The van der Waals surface area contributed by atoms with Crippen molar-refractivity contribution in [3.05, 3.63) is 30.1 Å². The zero-order valence-corrected chi connectivity index (χ0v) is 12.2. The van der Waals surface area contributed by atoms with Gasteiger partial charge < -0.3 is 15.7 Å². The zero-order valence-electron chi connectivity index (χ0n) is 11.4. The molecule has 1 aromatic rings. The molecule has 2 rings (SSSR count). The van der Waals surface area contributed by atoms with E-state index in [1.807, 2.05) is 6.92 Å². The van der Waals surface area contributed by atoms with E-state index in [2.05, 4.69) is 10.6 Å². The molecule has 110 valence electrons. The summed E-state index contributed by atoms with van der Waals surface area (Å²) in [4.78, 5) is 11.7. The third kappa shape index (κ3) is 3.64. The molecule has 2 atom stereocenters. The summed E-state index contributed by atoms with van der Waals surface area (Å²) >= 11 is 1.71. The summed E-state index contributed by atoms with van der Waals surface area (Å²) in [7, 11) is 0. The van der Waals surface area contributed by atoms with Crippen molar-refractivity contribution in [3.63, 3.8) is 0 Å². The standard InChI is InChI=1S/C14H19FN2O2S/c1-2-20-12-6-7-14(12,19)9-16-13(18)17-11-5-3-4-10(15)8-11/h3-5,8,12,19H,2,6-7,9H2,1H3,(H2,16,17,18)/t12-,14+/m0/s1. The SMILES string of the molecule is CCS[C@H]1CC[C@@]1(O)CNC(=O)Nc1cccc(F)c1. The van der Waals surface area contributed by atoms with E-state index < -0.39 is 17.4 Å². The van der Waals surface area contributed by atoms with Crippen LogP contribution in [0.5, 0.6) is 0 Å². The molecule has 20 heavy (non-hydrogen) atoms. The van der Waals surface area contributed by atoms with Crippen molar-refractivity contribution < 1.29 is 14.3 Å².